The third-order valence-electron chi connectivity index (χ3n) is 1.49. The van der Waals surface area contributed by atoms with Crippen LogP contribution in [0.3, 0.4) is 0 Å². The molecule has 0 fully saturated rings. The molecule has 0 unspecified atom stereocenters. The van der Waals surface area contributed by atoms with Crippen molar-refractivity contribution in [3.63, 3.8) is 0 Å². The number of nitrogens with zero attached hydrogens (tertiary/aromatic N) is 1. The maximum absolute atomic E-state index is 4.16. The summed E-state index contributed by atoms with van der Waals surface area (Å²) in [6.07, 6.45) is 2.95. The second-order valence-electron chi connectivity index (χ2n) is 2.16. The van der Waals surface area contributed by atoms with Crippen molar-refractivity contribution in [1.29, 1.82) is 0 Å². The molecule has 2 nitrogen and oxygen atoms in total. The zero-order valence-electron chi connectivity index (χ0n) is 6.39. The van der Waals surface area contributed by atoms with Gasteiger partial charge in [0.25, 0.3) is 0 Å². The molecule has 1 rings (SSSR count). The molecule has 1 N–H and O–H groups in total. The summed E-state index contributed by atoms with van der Waals surface area (Å²) >= 11 is 0. The number of hydrogen-bond donors (Lipinski definition) is 1. The molecule has 0 saturated carbocycles. The molecule has 1 heterocycles. The van der Waals surface area contributed by atoms with Crippen molar-refractivity contribution >= 4 is 5.82 Å². The van der Waals surface area contributed by atoms with Gasteiger partial charge in [-0.1, -0.05) is 13.0 Å². The van der Waals surface area contributed by atoms with Gasteiger partial charge in [-0.05, 0) is 18.1 Å². The maximum atomic E-state index is 4.16. The lowest BCUT2D eigenvalue weighted by Crippen LogP contribution is -1.91. The van der Waals surface area contributed by atoms with Crippen LogP contribution in [0.15, 0.2) is 18.3 Å². The first-order valence-corrected chi connectivity index (χ1v) is 3.49. The van der Waals surface area contributed by atoms with Crippen LogP contribution in [-0.2, 0) is 6.42 Å². The normalized spacial score (nSPS) is 9.40. The van der Waals surface area contributed by atoms with E-state index in [-0.39, 0.29) is 1.43 Å². The fourth-order valence-electron chi connectivity index (χ4n) is 0.782. The van der Waals surface area contributed by atoms with Crippen molar-refractivity contribution < 1.29 is 1.43 Å². The molecule has 0 aromatic carbocycles. The van der Waals surface area contributed by atoms with E-state index in [9.17, 15) is 0 Å². The summed E-state index contributed by atoms with van der Waals surface area (Å²) < 4.78 is 0. The number of anilines is 1. The first kappa shape index (κ1) is 7.06. The first-order valence-electron chi connectivity index (χ1n) is 3.49. The first-order chi connectivity index (χ1) is 4.86. The second-order valence-corrected chi connectivity index (χ2v) is 2.16. The Kier molecular flexibility index (Phi) is 2.26. The average Bonchev–Trinajstić information content (AvgIpc) is 2.05. The van der Waals surface area contributed by atoms with E-state index in [1.165, 1.54) is 5.56 Å². The van der Waals surface area contributed by atoms with Crippen molar-refractivity contribution in [2.24, 2.45) is 0 Å². The third-order valence-corrected chi connectivity index (χ3v) is 1.49. The van der Waals surface area contributed by atoms with Gasteiger partial charge >= 0.3 is 0 Å². The maximum Gasteiger partial charge on any atom is 0.125 e. The van der Waals surface area contributed by atoms with E-state index in [1.54, 1.807) is 0 Å². The van der Waals surface area contributed by atoms with Crippen LogP contribution in [-0.4, -0.2) is 12.0 Å². The van der Waals surface area contributed by atoms with E-state index in [2.05, 4.69) is 23.3 Å². The Bertz CT molecular complexity index is 173. The number of nitrogens with one attached hydrogen (secondary N) is 1. The molecular weight excluding hydrogens is 124 g/mol. The Morgan fingerprint density at radius 2 is 2.40 bits per heavy atom. The number of hydrogen-bond acceptors (Lipinski definition) is 2. The van der Waals surface area contributed by atoms with Gasteiger partial charge in [0.15, 0.2) is 0 Å². The van der Waals surface area contributed by atoms with Crippen LogP contribution < -0.4 is 5.32 Å². The standard InChI is InChI=1S/C8H12N2.H2/c1-3-7-4-5-8(9-2)10-6-7;/h4-6H,3H2,1-2H3,(H,9,10);1H. The summed E-state index contributed by atoms with van der Waals surface area (Å²) in [4.78, 5) is 4.16. The topological polar surface area (TPSA) is 24.9 Å². The van der Waals surface area contributed by atoms with Gasteiger partial charge in [-0.3, -0.25) is 0 Å². The van der Waals surface area contributed by atoms with E-state index in [0.29, 0.717) is 0 Å². The minimum Gasteiger partial charge on any atom is -0.373 e. The van der Waals surface area contributed by atoms with Crippen LogP contribution in [0.2, 0.25) is 0 Å². The molecule has 0 aliphatic carbocycles. The summed E-state index contributed by atoms with van der Waals surface area (Å²) in [5.74, 6) is 0.928. The molecule has 0 amide bonds. The monoisotopic (exact) mass is 138 g/mol. The highest BCUT2D eigenvalue weighted by molar-refractivity contribution is 5.34. The Balaban J connectivity index is 0.000001000. The molecule has 1 aromatic heterocycles. The highest BCUT2D eigenvalue weighted by Crippen LogP contribution is 2.03. The van der Waals surface area contributed by atoms with Crippen LogP contribution in [0.1, 0.15) is 13.9 Å². The Morgan fingerprint density at radius 1 is 1.60 bits per heavy atom. The highest BCUT2D eigenvalue weighted by Gasteiger charge is 1.89. The van der Waals surface area contributed by atoms with Crippen LogP contribution in [0.5, 0.6) is 0 Å². The summed E-state index contributed by atoms with van der Waals surface area (Å²) in [5, 5.41) is 2.97. The SMILES string of the molecule is CCc1ccc(NC)nc1.[HH]. The van der Waals surface area contributed by atoms with Crippen LogP contribution in [0.4, 0.5) is 5.82 Å². The molecular formula is C8H14N2. The van der Waals surface area contributed by atoms with E-state index >= 15 is 0 Å². The molecule has 0 radical (unpaired) electrons. The van der Waals surface area contributed by atoms with Crippen molar-refractivity contribution in [3.8, 4) is 0 Å². The van der Waals surface area contributed by atoms with Gasteiger partial charge in [-0.25, -0.2) is 4.98 Å². The predicted octanol–water partition coefficient (Wildman–Crippen LogP) is 1.93. The quantitative estimate of drug-likeness (QED) is 0.675. The number of aromatic nitrogens is 1. The molecule has 0 bridgehead atoms. The van der Waals surface area contributed by atoms with Gasteiger partial charge in [0, 0.05) is 14.7 Å². The Hall–Kier alpha value is -1.05. The predicted molar refractivity (Wildman–Crippen MR) is 45.3 cm³/mol. The molecule has 1 aromatic rings. The Morgan fingerprint density at radius 3 is 2.80 bits per heavy atom. The van der Waals surface area contributed by atoms with Gasteiger partial charge in [0.1, 0.15) is 5.82 Å². The molecule has 0 atom stereocenters. The molecule has 10 heavy (non-hydrogen) atoms. The van der Waals surface area contributed by atoms with Gasteiger partial charge in [-0.2, -0.15) is 0 Å². The minimum absolute atomic E-state index is 0. The van der Waals surface area contributed by atoms with Gasteiger partial charge < -0.3 is 5.32 Å². The lowest BCUT2D eigenvalue weighted by atomic mass is 10.2. The average molecular weight is 138 g/mol. The van der Waals surface area contributed by atoms with Crippen molar-refractivity contribution in [3.05, 3.63) is 23.9 Å². The number of aryl methyl sites for hydroxylation is 1. The molecule has 0 aliphatic rings. The van der Waals surface area contributed by atoms with Gasteiger partial charge in [-0.15, -0.1) is 0 Å². The van der Waals surface area contributed by atoms with Crippen LogP contribution in [0.25, 0.3) is 0 Å². The van der Waals surface area contributed by atoms with E-state index in [0.717, 1.165) is 12.2 Å². The molecule has 2 heteroatoms. The van der Waals surface area contributed by atoms with Crippen molar-refractivity contribution in [1.82, 2.24) is 4.98 Å². The largest absolute Gasteiger partial charge is 0.373 e. The van der Waals surface area contributed by atoms with Gasteiger partial charge in [0.05, 0.1) is 0 Å². The second kappa shape index (κ2) is 3.20. The number of pyridine rings is 1. The summed E-state index contributed by atoms with van der Waals surface area (Å²) in [7, 11) is 1.87. The van der Waals surface area contributed by atoms with Crippen molar-refractivity contribution in [2.75, 3.05) is 12.4 Å². The number of rotatable bonds is 2. The minimum atomic E-state index is 0. The molecule has 0 aliphatic heterocycles. The van der Waals surface area contributed by atoms with Crippen LogP contribution in [0, 0.1) is 0 Å². The van der Waals surface area contributed by atoms with E-state index < -0.39 is 0 Å². The van der Waals surface area contributed by atoms with E-state index in [4.69, 9.17) is 0 Å². The highest BCUT2D eigenvalue weighted by atomic mass is 14.9. The molecule has 0 spiro atoms. The zero-order valence-corrected chi connectivity index (χ0v) is 6.39. The van der Waals surface area contributed by atoms with E-state index in [1.807, 2.05) is 19.3 Å². The Labute approximate surface area is 62.8 Å². The lowest BCUT2D eigenvalue weighted by molar-refractivity contribution is 1.10. The fourth-order valence-corrected chi connectivity index (χ4v) is 0.782. The van der Waals surface area contributed by atoms with Crippen molar-refractivity contribution in [2.45, 2.75) is 13.3 Å². The summed E-state index contributed by atoms with van der Waals surface area (Å²) in [5.41, 5.74) is 1.28. The zero-order chi connectivity index (χ0) is 7.40. The van der Waals surface area contributed by atoms with Crippen LogP contribution >= 0.6 is 0 Å². The smallest absolute Gasteiger partial charge is 0.125 e. The summed E-state index contributed by atoms with van der Waals surface area (Å²) in [6, 6.07) is 4.07. The third kappa shape index (κ3) is 1.47. The summed E-state index contributed by atoms with van der Waals surface area (Å²) in [6.45, 7) is 2.12. The lowest BCUT2D eigenvalue weighted by Gasteiger charge is -1.98. The van der Waals surface area contributed by atoms with Gasteiger partial charge in [0.2, 0.25) is 0 Å². The molecule has 0 saturated heterocycles. The fraction of sp³-hybridized carbons (Fsp3) is 0.375. The molecule has 56 valence electrons.